The van der Waals surface area contributed by atoms with Gasteiger partial charge in [-0.15, -0.1) is 0 Å². The van der Waals surface area contributed by atoms with Crippen LogP contribution in [0.3, 0.4) is 0 Å². The number of nitrogens with zero attached hydrogens (tertiary/aromatic N) is 2. The molecule has 1 aliphatic heterocycles. The number of carbonyl (C=O) groups excluding carboxylic acids is 2. The Hall–Kier alpha value is -2.57. The molecule has 154 valence electrons. The number of benzene rings is 1. The lowest BCUT2D eigenvalue weighted by Gasteiger charge is -2.20. The van der Waals surface area contributed by atoms with Crippen molar-refractivity contribution in [1.82, 2.24) is 20.9 Å². The number of hydrogen-bond acceptors (Lipinski definition) is 3. The molecule has 1 fully saturated rings. The van der Waals surface area contributed by atoms with Gasteiger partial charge in [-0.3, -0.25) is 14.6 Å². The van der Waals surface area contributed by atoms with Crippen molar-refractivity contribution in [2.24, 2.45) is 10.9 Å². The van der Waals surface area contributed by atoms with Crippen LogP contribution in [0.25, 0.3) is 0 Å². The predicted molar refractivity (Wildman–Crippen MR) is 112 cm³/mol. The summed E-state index contributed by atoms with van der Waals surface area (Å²) in [6.45, 7) is 11.0. The number of aliphatic imine (C=N–C) groups is 1. The normalized spacial score (nSPS) is 17.0. The molecule has 0 aromatic heterocycles. The molecule has 2 amide bonds. The molecule has 0 bridgehead atoms. The molecule has 1 heterocycles. The minimum atomic E-state index is -0.0875. The van der Waals surface area contributed by atoms with Gasteiger partial charge in [0.25, 0.3) is 5.91 Å². The second kappa shape index (κ2) is 10.7. The van der Waals surface area contributed by atoms with E-state index in [0.29, 0.717) is 25.2 Å². The van der Waals surface area contributed by atoms with Gasteiger partial charge in [-0.25, -0.2) is 0 Å². The highest BCUT2D eigenvalue weighted by Crippen LogP contribution is 2.12. The maximum atomic E-state index is 12.2. The van der Waals surface area contributed by atoms with Crippen molar-refractivity contribution in [2.45, 2.75) is 40.2 Å². The van der Waals surface area contributed by atoms with E-state index in [4.69, 9.17) is 0 Å². The Morgan fingerprint density at radius 3 is 2.75 bits per heavy atom. The summed E-state index contributed by atoms with van der Waals surface area (Å²) in [6.07, 6.45) is 0.910. The SMILES string of the molecule is CCNC(=NCCNC(=O)c1cccc(C)c1)NC1CCN(C(=O)C(C)C)C1. The maximum Gasteiger partial charge on any atom is 0.251 e. The number of carbonyl (C=O) groups is 2. The highest BCUT2D eigenvalue weighted by Gasteiger charge is 2.27. The first-order valence-electron chi connectivity index (χ1n) is 10.1. The van der Waals surface area contributed by atoms with Gasteiger partial charge in [-0.2, -0.15) is 0 Å². The summed E-state index contributed by atoms with van der Waals surface area (Å²) in [7, 11) is 0. The monoisotopic (exact) mass is 387 g/mol. The number of hydrogen-bond donors (Lipinski definition) is 3. The van der Waals surface area contributed by atoms with Crippen molar-refractivity contribution in [1.29, 1.82) is 0 Å². The van der Waals surface area contributed by atoms with E-state index in [1.807, 2.05) is 56.9 Å². The van der Waals surface area contributed by atoms with Crippen molar-refractivity contribution >= 4 is 17.8 Å². The first-order chi connectivity index (χ1) is 13.4. The molecule has 7 heteroatoms. The molecule has 1 aromatic carbocycles. The van der Waals surface area contributed by atoms with E-state index in [9.17, 15) is 9.59 Å². The van der Waals surface area contributed by atoms with E-state index in [0.717, 1.165) is 31.0 Å². The fourth-order valence-electron chi connectivity index (χ4n) is 3.18. The Kier molecular flexibility index (Phi) is 8.29. The van der Waals surface area contributed by atoms with Crippen molar-refractivity contribution in [3.63, 3.8) is 0 Å². The lowest BCUT2D eigenvalue weighted by molar-refractivity contribution is -0.133. The van der Waals surface area contributed by atoms with Gasteiger partial charge in [0, 0.05) is 43.7 Å². The van der Waals surface area contributed by atoms with E-state index in [2.05, 4.69) is 20.9 Å². The van der Waals surface area contributed by atoms with Gasteiger partial charge in [0.05, 0.1) is 6.54 Å². The molecule has 1 atom stereocenters. The molecular formula is C21H33N5O2. The molecule has 1 unspecified atom stereocenters. The zero-order valence-corrected chi connectivity index (χ0v) is 17.4. The first kappa shape index (κ1) is 21.7. The van der Waals surface area contributed by atoms with Crippen LogP contribution < -0.4 is 16.0 Å². The van der Waals surface area contributed by atoms with Crippen LogP contribution in [-0.2, 0) is 4.79 Å². The largest absolute Gasteiger partial charge is 0.357 e. The van der Waals surface area contributed by atoms with Crippen LogP contribution in [0.5, 0.6) is 0 Å². The van der Waals surface area contributed by atoms with Gasteiger partial charge in [0.15, 0.2) is 5.96 Å². The molecule has 28 heavy (non-hydrogen) atoms. The van der Waals surface area contributed by atoms with Crippen molar-refractivity contribution in [2.75, 3.05) is 32.7 Å². The molecule has 7 nitrogen and oxygen atoms in total. The molecule has 1 saturated heterocycles. The smallest absolute Gasteiger partial charge is 0.251 e. The molecule has 0 saturated carbocycles. The van der Waals surface area contributed by atoms with E-state index in [-0.39, 0.29) is 23.8 Å². The maximum absolute atomic E-state index is 12.2. The summed E-state index contributed by atoms with van der Waals surface area (Å²) < 4.78 is 0. The molecule has 3 N–H and O–H groups in total. The second-order valence-corrected chi connectivity index (χ2v) is 7.45. The van der Waals surface area contributed by atoms with E-state index in [1.54, 1.807) is 0 Å². The highest BCUT2D eigenvalue weighted by atomic mass is 16.2. The van der Waals surface area contributed by atoms with Gasteiger partial charge in [0.1, 0.15) is 0 Å². The Morgan fingerprint density at radius 2 is 2.07 bits per heavy atom. The third kappa shape index (κ3) is 6.55. The van der Waals surface area contributed by atoms with E-state index in [1.165, 1.54) is 0 Å². The molecule has 0 aliphatic carbocycles. The highest BCUT2D eigenvalue weighted by molar-refractivity contribution is 5.94. The van der Waals surface area contributed by atoms with Gasteiger partial charge in [0.2, 0.25) is 5.91 Å². The zero-order chi connectivity index (χ0) is 20.5. The van der Waals surface area contributed by atoms with Gasteiger partial charge in [-0.05, 0) is 32.4 Å². The fraction of sp³-hybridized carbons (Fsp3) is 0.571. The van der Waals surface area contributed by atoms with Crippen LogP contribution in [0.15, 0.2) is 29.3 Å². The Labute approximate surface area is 168 Å². The van der Waals surface area contributed by atoms with Crippen LogP contribution in [0.4, 0.5) is 0 Å². The third-order valence-electron chi connectivity index (χ3n) is 4.63. The van der Waals surface area contributed by atoms with Gasteiger partial charge >= 0.3 is 0 Å². The van der Waals surface area contributed by atoms with Crippen molar-refractivity contribution in [3.05, 3.63) is 35.4 Å². The summed E-state index contributed by atoms with van der Waals surface area (Å²) in [5, 5.41) is 9.52. The van der Waals surface area contributed by atoms with Crippen LogP contribution in [0, 0.1) is 12.8 Å². The average Bonchev–Trinajstić information content (AvgIpc) is 3.12. The fourth-order valence-corrected chi connectivity index (χ4v) is 3.18. The van der Waals surface area contributed by atoms with Crippen LogP contribution in [0.1, 0.15) is 43.1 Å². The number of nitrogens with one attached hydrogen (secondary N) is 3. The van der Waals surface area contributed by atoms with E-state index < -0.39 is 0 Å². The van der Waals surface area contributed by atoms with Crippen molar-refractivity contribution < 1.29 is 9.59 Å². The summed E-state index contributed by atoms with van der Waals surface area (Å²) in [6, 6.07) is 7.72. The summed E-state index contributed by atoms with van der Waals surface area (Å²) in [5.74, 6) is 0.856. The zero-order valence-electron chi connectivity index (χ0n) is 17.4. The number of rotatable bonds is 7. The minimum absolute atomic E-state index is 0.0256. The number of guanidine groups is 1. The quantitative estimate of drug-likeness (QED) is 0.376. The number of amides is 2. The molecular weight excluding hydrogens is 354 g/mol. The van der Waals surface area contributed by atoms with Crippen LogP contribution in [0.2, 0.25) is 0 Å². The van der Waals surface area contributed by atoms with E-state index >= 15 is 0 Å². The van der Waals surface area contributed by atoms with Crippen molar-refractivity contribution in [3.8, 4) is 0 Å². The average molecular weight is 388 g/mol. The first-order valence-corrected chi connectivity index (χ1v) is 10.1. The lowest BCUT2D eigenvalue weighted by Crippen LogP contribution is -2.45. The molecule has 2 rings (SSSR count). The summed E-state index contributed by atoms with van der Waals surface area (Å²) >= 11 is 0. The standard InChI is InChI=1S/C21H33N5O2/c1-5-22-21(25-18-9-12-26(14-18)20(28)15(2)3)24-11-10-23-19(27)17-8-6-7-16(4)13-17/h6-8,13,15,18H,5,9-12,14H2,1-4H3,(H,23,27)(H2,22,24,25). The van der Waals surface area contributed by atoms with Gasteiger partial charge in [-0.1, -0.05) is 31.5 Å². The number of likely N-dealkylation sites (tertiary alicyclic amines) is 1. The summed E-state index contributed by atoms with van der Waals surface area (Å²) in [4.78, 5) is 30.8. The molecule has 0 spiro atoms. The number of aryl methyl sites for hydroxylation is 1. The molecule has 0 radical (unpaired) electrons. The Bertz CT molecular complexity index is 702. The summed E-state index contributed by atoms with van der Waals surface area (Å²) in [5.41, 5.74) is 1.72. The van der Waals surface area contributed by atoms with Gasteiger partial charge < -0.3 is 20.9 Å². The Morgan fingerprint density at radius 1 is 1.29 bits per heavy atom. The predicted octanol–water partition coefficient (Wildman–Crippen LogP) is 1.54. The van der Waals surface area contributed by atoms with Crippen LogP contribution in [-0.4, -0.2) is 61.4 Å². The minimum Gasteiger partial charge on any atom is -0.357 e. The second-order valence-electron chi connectivity index (χ2n) is 7.45. The Balaban J connectivity index is 1.80. The lowest BCUT2D eigenvalue weighted by atomic mass is 10.1. The third-order valence-corrected chi connectivity index (χ3v) is 4.63. The molecule has 1 aliphatic rings. The topological polar surface area (TPSA) is 85.8 Å². The molecule has 1 aromatic rings. The van der Waals surface area contributed by atoms with Crippen LogP contribution >= 0.6 is 0 Å².